The lowest BCUT2D eigenvalue weighted by Crippen LogP contribution is -2.55. The molecule has 0 aliphatic heterocycles. The van der Waals surface area contributed by atoms with E-state index in [1.165, 1.54) is 0 Å². The van der Waals surface area contributed by atoms with Gasteiger partial charge in [0.25, 0.3) is 0 Å². The molecular weight excluding hydrogens is 276 g/mol. The number of allylic oxidation sites excluding steroid dienone is 3. The summed E-state index contributed by atoms with van der Waals surface area (Å²) in [6.45, 7) is 0. The van der Waals surface area contributed by atoms with Crippen LogP contribution in [0.5, 0.6) is 0 Å². The molecule has 0 aromatic carbocycles. The Morgan fingerprint density at radius 2 is 1.55 bits per heavy atom. The zero-order valence-electron chi connectivity index (χ0n) is 13.0. The van der Waals surface area contributed by atoms with Gasteiger partial charge in [0.15, 0.2) is 11.6 Å². The van der Waals surface area contributed by atoms with Crippen molar-refractivity contribution in [2.75, 3.05) is 7.11 Å². The highest BCUT2D eigenvalue weighted by molar-refractivity contribution is 6.15. The number of hydrogen-bond acceptors (Lipinski definition) is 3. The standard InChI is InChI=1S/C19H22O3/c1-22-13-8-11-6-7-12(13)17-16(11)18(20)14-9-2-4-10(5-3-9)15(14)19(17)21/h2,4,9-15H,3,5-8H2,1H3. The van der Waals surface area contributed by atoms with Crippen molar-refractivity contribution in [3.8, 4) is 0 Å². The first kappa shape index (κ1) is 13.2. The van der Waals surface area contributed by atoms with E-state index in [-0.39, 0.29) is 29.8 Å². The Kier molecular flexibility index (Phi) is 2.65. The van der Waals surface area contributed by atoms with E-state index in [0.29, 0.717) is 23.4 Å². The lowest BCUT2D eigenvalue weighted by Gasteiger charge is -2.52. The van der Waals surface area contributed by atoms with E-state index in [2.05, 4.69) is 12.2 Å². The maximum absolute atomic E-state index is 13.3. The summed E-state index contributed by atoms with van der Waals surface area (Å²) in [5.41, 5.74) is 1.82. The second kappa shape index (κ2) is 4.41. The Morgan fingerprint density at radius 3 is 2.14 bits per heavy atom. The molecule has 7 atom stereocenters. The van der Waals surface area contributed by atoms with E-state index in [0.717, 1.165) is 43.3 Å². The van der Waals surface area contributed by atoms with Gasteiger partial charge in [0.1, 0.15) is 0 Å². The fourth-order valence-corrected chi connectivity index (χ4v) is 6.12. The second-order valence-corrected chi connectivity index (χ2v) is 7.79. The van der Waals surface area contributed by atoms with E-state index < -0.39 is 0 Å². The highest BCUT2D eigenvalue weighted by atomic mass is 16.5. The van der Waals surface area contributed by atoms with Crippen molar-refractivity contribution in [3.05, 3.63) is 23.3 Å². The molecule has 0 heterocycles. The SMILES string of the molecule is COC1CC2CCC1C1=C2C(=O)C2C3C=CC(CC3)C2C1=O. The molecule has 4 bridgehead atoms. The minimum absolute atomic E-state index is 0.0460. The minimum atomic E-state index is -0.0631. The average molecular weight is 298 g/mol. The highest BCUT2D eigenvalue weighted by Crippen LogP contribution is 2.56. The summed E-state index contributed by atoms with van der Waals surface area (Å²) < 4.78 is 5.64. The molecule has 3 nitrogen and oxygen atoms in total. The first-order valence-electron chi connectivity index (χ1n) is 8.74. The lowest BCUT2D eigenvalue weighted by atomic mass is 9.50. The van der Waals surface area contributed by atoms with Crippen molar-refractivity contribution in [3.63, 3.8) is 0 Å². The van der Waals surface area contributed by atoms with Gasteiger partial charge >= 0.3 is 0 Å². The monoisotopic (exact) mass is 298 g/mol. The summed E-state index contributed by atoms with van der Waals surface area (Å²) in [6.07, 6.45) is 9.73. The van der Waals surface area contributed by atoms with Gasteiger partial charge in [0.2, 0.25) is 0 Å². The van der Waals surface area contributed by atoms with Gasteiger partial charge < -0.3 is 4.74 Å². The number of ketones is 2. The molecule has 0 N–H and O–H groups in total. The van der Waals surface area contributed by atoms with Crippen molar-refractivity contribution in [2.24, 2.45) is 35.5 Å². The zero-order valence-corrected chi connectivity index (χ0v) is 13.0. The highest BCUT2D eigenvalue weighted by Gasteiger charge is 2.57. The zero-order chi connectivity index (χ0) is 15.0. The van der Waals surface area contributed by atoms with Crippen molar-refractivity contribution in [2.45, 2.75) is 38.2 Å². The van der Waals surface area contributed by atoms with E-state index in [9.17, 15) is 9.59 Å². The van der Waals surface area contributed by atoms with Gasteiger partial charge in [0.05, 0.1) is 6.10 Å². The van der Waals surface area contributed by atoms with Crippen molar-refractivity contribution >= 4 is 11.6 Å². The fraction of sp³-hybridized carbons (Fsp3) is 0.684. The molecule has 2 fully saturated rings. The Labute approximate surface area is 130 Å². The summed E-state index contributed by atoms with van der Waals surface area (Å²) in [5, 5.41) is 0. The smallest absolute Gasteiger partial charge is 0.164 e. The molecule has 0 aromatic rings. The summed E-state index contributed by atoms with van der Waals surface area (Å²) in [7, 11) is 1.74. The average Bonchev–Trinajstić information content (AvgIpc) is 2.59. The Hall–Kier alpha value is -1.22. The normalized spacial score (nSPS) is 48.7. The van der Waals surface area contributed by atoms with Gasteiger partial charge in [-0.25, -0.2) is 0 Å². The van der Waals surface area contributed by atoms with Gasteiger partial charge in [-0.05, 0) is 49.9 Å². The summed E-state index contributed by atoms with van der Waals surface area (Å²) in [6, 6.07) is 0. The maximum Gasteiger partial charge on any atom is 0.164 e. The molecule has 2 saturated carbocycles. The first-order valence-corrected chi connectivity index (χ1v) is 8.74. The van der Waals surface area contributed by atoms with Gasteiger partial charge in [0, 0.05) is 36.0 Å². The van der Waals surface area contributed by atoms with Crippen LogP contribution in [0.2, 0.25) is 0 Å². The third kappa shape index (κ3) is 1.46. The Balaban J connectivity index is 1.66. The molecule has 7 aliphatic carbocycles. The van der Waals surface area contributed by atoms with Crippen molar-refractivity contribution in [1.29, 1.82) is 0 Å². The topological polar surface area (TPSA) is 43.4 Å². The third-order valence-corrected chi connectivity index (χ3v) is 7.05. The third-order valence-electron chi connectivity index (χ3n) is 7.05. The second-order valence-electron chi connectivity index (χ2n) is 7.79. The van der Waals surface area contributed by atoms with Crippen LogP contribution in [-0.4, -0.2) is 24.8 Å². The Morgan fingerprint density at radius 1 is 0.909 bits per heavy atom. The number of fused-ring (bicyclic) bond motifs is 3. The number of hydrogen-bond donors (Lipinski definition) is 0. The van der Waals surface area contributed by atoms with E-state index in [1.807, 2.05) is 0 Å². The summed E-state index contributed by atoms with van der Waals surface area (Å²) in [4.78, 5) is 26.5. The summed E-state index contributed by atoms with van der Waals surface area (Å²) >= 11 is 0. The number of rotatable bonds is 1. The van der Waals surface area contributed by atoms with Crippen LogP contribution in [0.1, 0.15) is 32.1 Å². The van der Waals surface area contributed by atoms with Crippen LogP contribution in [0.25, 0.3) is 0 Å². The minimum Gasteiger partial charge on any atom is -0.381 e. The summed E-state index contributed by atoms with van der Waals surface area (Å²) in [5.74, 6) is 1.56. The van der Waals surface area contributed by atoms with Crippen LogP contribution in [-0.2, 0) is 14.3 Å². The van der Waals surface area contributed by atoms with Gasteiger partial charge in [-0.1, -0.05) is 12.2 Å². The van der Waals surface area contributed by atoms with Crippen LogP contribution < -0.4 is 0 Å². The molecule has 0 saturated heterocycles. The first-order chi connectivity index (χ1) is 10.7. The van der Waals surface area contributed by atoms with Crippen LogP contribution in [0.4, 0.5) is 0 Å². The number of ether oxygens (including phenoxy) is 1. The van der Waals surface area contributed by atoms with Crippen LogP contribution in [0, 0.1) is 35.5 Å². The van der Waals surface area contributed by atoms with E-state index >= 15 is 0 Å². The number of carbonyl (C=O) groups is 2. The van der Waals surface area contributed by atoms with Gasteiger partial charge in [-0.2, -0.15) is 0 Å². The molecule has 0 aromatic heterocycles. The molecule has 0 radical (unpaired) electrons. The maximum atomic E-state index is 13.3. The molecule has 116 valence electrons. The van der Waals surface area contributed by atoms with E-state index in [4.69, 9.17) is 4.74 Å². The molecule has 7 unspecified atom stereocenters. The number of Topliss-reactive ketones (excluding diaryl/α,β-unsaturated/α-hetero) is 2. The predicted molar refractivity (Wildman–Crippen MR) is 81.0 cm³/mol. The predicted octanol–water partition coefficient (Wildman–Crippen LogP) is 2.71. The molecule has 0 spiro atoms. The molecule has 3 heteroatoms. The number of carbonyl (C=O) groups excluding carboxylic acids is 2. The van der Waals surface area contributed by atoms with Crippen LogP contribution in [0.3, 0.4) is 0 Å². The number of methoxy groups -OCH3 is 1. The van der Waals surface area contributed by atoms with Gasteiger partial charge in [-0.15, -0.1) is 0 Å². The van der Waals surface area contributed by atoms with Crippen LogP contribution >= 0.6 is 0 Å². The molecule has 7 rings (SSSR count). The van der Waals surface area contributed by atoms with Crippen LogP contribution in [0.15, 0.2) is 23.3 Å². The van der Waals surface area contributed by atoms with Crippen molar-refractivity contribution < 1.29 is 14.3 Å². The Bertz CT molecular complexity index is 629. The van der Waals surface area contributed by atoms with Crippen molar-refractivity contribution in [1.82, 2.24) is 0 Å². The fourth-order valence-electron chi connectivity index (χ4n) is 6.12. The molecule has 22 heavy (non-hydrogen) atoms. The van der Waals surface area contributed by atoms with E-state index in [1.54, 1.807) is 7.11 Å². The lowest BCUT2D eigenvalue weighted by molar-refractivity contribution is -0.139. The molecular formula is C19H22O3. The van der Waals surface area contributed by atoms with Gasteiger partial charge in [-0.3, -0.25) is 9.59 Å². The quantitative estimate of drug-likeness (QED) is 0.699. The molecule has 0 amide bonds. The largest absolute Gasteiger partial charge is 0.381 e. The molecule has 7 aliphatic rings.